The van der Waals surface area contributed by atoms with E-state index < -0.39 is 0 Å². The van der Waals surface area contributed by atoms with Gasteiger partial charge in [0, 0.05) is 35.5 Å². The van der Waals surface area contributed by atoms with Gasteiger partial charge in [0.15, 0.2) is 10.9 Å². The van der Waals surface area contributed by atoms with E-state index in [9.17, 15) is 19.2 Å². The van der Waals surface area contributed by atoms with Crippen molar-refractivity contribution >= 4 is 45.7 Å². The van der Waals surface area contributed by atoms with E-state index in [4.69, 9.17) is 0 Å². The molecule has 1 fully saturated rings. The first-order valence-electron chi connectivity index (χ1n) is 11.2. The second-order valence-electron chi connectivity index (χ2n) is 8.33. The van der Waals surface area contributed by atoms with E-state index >= 15 is 0 Å². The molecule has 1 heterocycles. The number of anilines is 2. The fraction of sp³-hybridized carbons (Fsp3) is 0.458. The number of carbonyl (C=O) groups is 4. The van der Waals surface area contributed by atoms with Crippen LogP contribution in [0.5, 0.6) is 0 Å². The fourth-order valence-electron chi connectivity index (χ4n) is 3.81. The molecule has 1 aliphatic carbocycles. The number of hydrogen-bond acceptors (Lipinski definition) is 6. The third-order valence-corrected chi connectivity index (χ3v) is 6.47. The van der Waals surface area contributed by atoms with Crippen LogP contribution in [0.1, 0.15) is 67.9 Å². The molecule has 1 saturated carbocycles. The first-order chi connectivity index (χ1) is 15.8. The molecule has 0 saturated heterocycles. The van der Waals surface area contributed by atoms with Gasteiger partial charge in [-0.2, -0.15) is 0 Å². The van der Waals surface area contributed by atoms with Gasteiger partial charge in [-0.1, -0.05) is 19.3 Å². The molecule has 1 aromatic heterocycles. The Labute approximate surface area is 197 Å². The van der Waals surface area contributed by atoms with E-state index in [0.29, 0.717) is 16.4 Å². The average molecular weight is 471 g/mol. The van der Waals surface area contributed by atoms with Crippen LogP contribution >= 0.6 is 11.3 Å². The second kappa shape index (κ2) is 11.7. The van der Waals surface area contributed by atoms with Crippen molar-refractivity contribution in [3.63, 3.8) is 0 Å². The van der Waals surface area contributed by atoms with E-state index in [2.05, 4.69) is 15.6 Å². The van der Waals surface area contributed by atoms with E-state index in [1.165, 1.54) is 29.6 Å². The lowest BCUT2D eigenvalue weighted by Gasteiger charge is -2.26. The lowest BCUT2D eigenvalue weighted by molar-refractivity contribution is -0.125. The van der Waals surface area contributed by atoms with Crippen molar-refractivity contribution in [3.8, 4) is 0 Å². The average Bonchev–Trinajstić information content (AvgIpc) is 3.21. The number of hydrogen-bond donors (Lipinski definition) is 2. The van der Waals surface area contributed by atoms with Crippen molar-refractivity contribution in [2.75, 3.05) is 16.8 Å². The second-order valence-corrected chi connectivity index (χ2v) is 9.19. The molecular weight excluding hydrogens is 440 g/mol. The normalized spacial score (nSPS) is 13.9. The topological polar surface area (TPSA) is 108 Å². The molecule has 2 aromatic rings. The van der Waals surface area contributed by atoms with Gasteiger partial charge in [0.05, 0.1) is 5.69 Å². The Bertz CT molecular complexity index is 996. The third-order valence-electron chi connectivity index (χ3n) is 5.59. The maximum atomic E-state index is 13.0. The zero-order valence-electron chi connectivity index (χ0n) is 19.1. The number of thiazole rings is 1. The number of amides is 3. The molecule has 0 bridgehead atoms. The van der Waals surface area contributed by atoms with Gasteiger partial charge in [0.2, 0.25) is 17.7 Å². The van der Waals surface area contributed by atoms with Crippen LogP contribution < -0.4 is 15.5 Å². The summed E-state index contributed by atoms with van der Waals surface area (Å²) < 4.78 is 0. The molecule has 0 unspecified atom stereocenters. The Kier molecular flexibility index (Phi) is 8.71. The Morgan fingerprint density at radius 3 is 2.33 bits per heavy atom. The molecule has 1 aromatic carbocycles. The summed E-state index contributed by atoms with van der Waals surface area (Å²) in [5.74, 6) is -0.955. The standard InChI is InChI=1S/C24H30N4O4S/c1-16-15-33-24(25-16)27-21(30)12-13-23(32)28(20-10-8-18(9-11-20)17(2)29)14-22(31)26-19-6-4-3-5-7-19/h8-11,15,19H,3-7,12-14H2,1-2H3,(H,26,31)(H,25,27,30). The number of aryl methyl sites for hydroxylation is 1. The summed E-state index contributed by atoms with van der Waals surface area (Å²) in [5, 5.41) is 8.05. The molecule has 8 nitrogen and oxygen atoms in total. The largest absolute Gasteiger partial charge is 0.352 e. The molecule has 9 heteroatoms. The zero-order chi connectivity index (χ0) is 23.8. The van der Waals surface area contributed by atoms with Crippen molar-refractivity contribution < 1.29 is 19.2 Å². The van der Waals surface area contributed by atoms with E-state index in [1.807, 2.05) is 12.3 Å². The first kappa shape index (κ1) is 24.6. The summed E-state index contributed by atoms with van der Waals surface area (Å²) in [6, 6.07) is 6.71. The molecule has 2 N–H and O–H groups in total. The van der Waals surface area contributed by atoms with Gasteiger partial charge in [-0.3, -0.25) is 19.2 Å². The smallest absolute Gasteiger partial charge is 0.240 e. The van der Waals surface area contributed by atoms with Gasteiger partial charge in [0.25, 0.3) is 0 Å². The third kappa shape index (κ3) is 7.49. The van der Waals surface area contributed by atoms with Crippen LogP contribution in [0.25, 0.3) is 0 Å². The molecule has 1 aliphatic rings. The molecular formula is C24H30N4O4S. The van der Waals surface area contributed by atoms with Crippen LogP contribution in [-0.4, -0.2) is 41.1 Å². The summed E-state index contributed by atoms with van der Waals surface area (Å²) in [7, 11) is 0. The predicted molar refractivity (Wildman–Crippen MR) is 129 cm³/mol. The van der Waals surface area contributed by atoms with Crippen molar-refractivity contribution in [2.45, 2.75) is 64.8 Å². The molecule has 0 spiro atoms. The minimum Gasteiger partial charge on any atom is -0.352 e. The van der Waals surface area contributed by atoms with Crippen molar-refractivity contribution in [2.24, 2.45) is 0 Å². The Morgan fingerprint density at radius 1 is 1.03 bits per heavy atom. The number of benzene rings is 1. The number of carbonyl (C=O) groups excluding carboxylic acids is 4. The summed E-state index contributed by atoms with van der Waals surface area (Å²) >= 11 is 1.32. The van der Waals surface area contributed by atoms with Gasteiger partial charge < -0.3 is 15.5 Å². The molecule has 3 amide bonds. The van der Waals surface area contributed by atoms with Crippen LogP contribution in [0.15, 0.2) is 29.6 Å². The Morgan fingerprint density at radius 2 is 1.73 bits per heavy atom. The zero-order valence-corrected chi connectivity index (χ0v) is 19.9. The number of nitrogens with one attached hydrogen (secondary N) is 2. The first-order valence-corrected chi connectivity index (χ1v) is 12.1. The summed E-state index contributed by atoms with van der Waals surface area (Å²) in [6.07, 6.45) is 5.18. The lowest BCUT2D eigenvalue weighted by atomic mass is 9.95. The van der Waals surface area contributed by atoms with Crippen molar-refractivity contribution in [3.05, 3.63) is 40.9 Å². The maximum absolute atomic E-state index is 13.0. The van der Waals surface area contributed by atoms with E-state index in [-0.39, 0.29) is 48.9 Å². The highest BCUT2D eigenvalue weighted by Gasteiger charge is 2.23. The SMILES string of the molecule is CC(=O)c1ccc(N(CC(=O)NC2CCCCC2)C(=O)CCC(=O)Nc2nc(C)cs2)cc1. The maximum Gasteiger partial charge on any atom is 0.240 e. The summed E-state index contributed by atoms with van der Waals surface area (Å²) in [6.45, 7) is 3.17. The van der Waals surface area contributed by atoms with Crippen molar-refractivity contribution in [1.82, 2.24) is 10.3 Å². The van der Waals surface area contributed by atoms with Crippen LogP contribution in [0, 0.1) is 6.92 Å². The number of aromatic nitrogens is 1. The van der Waals surface area contributed by atoms with Gasteiger partial charge in [-0.05, 0) is 51.0 Å². The molecule has 176 valence electrons. The predicted octanol–water partition coefficient (Wildman–Crippen LogP) is 3.85. The Balaban J connectivity index is 1.65. The van der Waals surface area contributed by atoms with E-state index in [0.717, 1.165) is 31.4 Å². The van der Waals surface area contributed by atoms with Gasteiger partial charge in [-0.25, -0.2) is 4.98 Å². The molecule has 0 radical (unpaired) electrons. The van der Waals surface area contributed by atoms with Crippen LogP contribution in [0.2, 0.25) is 0 Å². The van der Waals surface area contributed by atoms with Crippen LogP contribution in [0.4, 0.5) is 10.8 Å². The highest BCUT2D eigenvalue weighted by Crippen LogP contribution is 2.20. The highest BCUT2D eigenvalue weighted by atomic mass is 32.1. The number of nitrogens with zero attached hydrogens (tertiary/aromatic N) is 2. The summed E-state index contributed by atoms with van der Waals surface area (Å²) in [4.78, 5) is 55.2. The van der Waals surface area contributed by atoms with Gasteiger partial charge >= 0.3 is 0 Å². The molecule has 0 atom stereocenters. The summed E-state index contributed by atoms with van der Waals surface area (Å²) in [5.41, 5.74) is 1.85. The quantitative estimate of drug-likeness (QED) is 0.541. The van der Waals surface area contributed by atoms with Gasteiger partial charge in [-0.15, -0.1) is 11.3 Å². The molecule has 0 aliphatic heterocycles. The number of Topliss-reactive ketones (excluding diaryl/α,β-unsaturated/α-hetero) is 1. The number of ketones is 1. The Hall–Kier alpha value is -3.07. The minimum absolute atomic E-state index is 0.0241. The lowest BCUT2D eigenvalue weighted by Crippen LogP contribution is -2.45. The number of rotatable bonds is 9. The van der Waals surface area contributed by atoms with Crippen LogP contribution in [-0.2, 0) is 14.4 Å². The highest BCUT2D eigenvalue weighted by molar-refractivity contribution is 7.13. The molecule has 3 rings (SSSR count). The van der Waals surface area contributed by atoms with Crippen LogP contribution in [0.3, 0.4) is 0 Å². The van der Waals surface area contributed by atoms with E-state index in [1.54, 1.807) is 24.3 Å². The van der Waals surface area contributed by atoms with Gasteiger partial charge in [0.1, 0.15) is 6.54 Å². The fourth-order valence-corrected chi connectivity index (χ4v) is 4.52. The minimum atomic E-state index is -0.338. The molecule has 33 heavy (non-hydrogen) atoms. The monoisotopic (exact) mass is 470 g/mol. The van der Waals surface area contributed by atoms with Crippen molar-refractivity contribution in [1.29, 1.82) is 0 Å².